The summed E-state index contributed by atoms with van der Waals surface area (Å²) in [6.07, 6.45) is 1.81. The fraction of sp³-hybridized carbons (Fsp3) is 0.324. The number of aromatic nitrogens is 3. The van der Waals surface area contributed by atoms with Gasteiger partial charge in [-0.25, -0.2) is 4.79 Å². The number of hydrogen-bond donors (Lipinski definition) is 1. The number of aromatic carboxylic acids is 1. The van der Waals surface area contributed by atoms with E-state index < -0.39 is 5.97 Å². The van der Waals surface area contributed by atoms with Gasteiger partial charge >= 0.3 is 5.97 Å². The summed E-state index contributed by atoms with van der Waals surface area (Å²) in [5.74, 6) is -0.530. The molecule has 1 N–H and O–H groups in total. The van der Waals surface area contributed by atoms with Gasteiger partial charge in [0, 0.05) is 47.4 Å². The zero-order valence-corrected chi connectivity index (χ0v) is 29.0. The lowest BCUT2D eigenvalue weighted by atomic mass is 9.98. The second-order valence-corrected chi connectivity index (χ2v) is 13.0. The van der Waals surface area contributed by atoms with Crippen molar-refractivity contribution >= 4 is 51.7 Å². The van der Waals surface area contributed by atoms with E-state index in [4.69, 9.17) is 27.9 Å². The van der Waals surface area contributed by atoms with Gasteiger partial charge in [-0.05, 0) is 93.5 Å². The van der Waals surface area contributed by atoms with E-state index in [1.165, 1.54) is 0 Å². The Kier molecular flexibility index (Phi) is 8.85. The molecule has 244 valence electrons. The van der Waals surface area contributed by atoms with Gasteiger partial charge in [0.15, 0.2) is 0 Å². The Labute approximate surface area is 284 Å². The number of rotatable bonds is 9. The molecular formula is C37H38Cl2N4O4. The number of benzene rings is 3. The predicted octanol–water partition coefficient (Wildman–Crippen LogP) is 8.51. The van der Waals surface area contributed by atoms with Gasteiger partial charge < -0.3 is 19.3 Å². The highest BCUT2D eigenvalue weighted by atomic mass is 35.5. The van der Waals surface area contributed by atoms with Crippen molar-refractivity contribution in [3.63, 3.8) is 0 Å². The molecule has 0 radical (unpaired) electrons. The molecule has 0 atom stereocenters. The molecule has 0 spiro atoms. The number of hydrogen-bond acceptors (Lipinski definition) is 4. The highest BCUT2D eigenvalue weighted by molar-refractivity contribution is 6.35. The summed E-state index contributed by atoms with van der Waals surface area (Å²) in [4.78, 5) is 28.7. The number of amides is 1. The van der Waals surface area contributed by atoms with Gasteiger partial charge in [0.2, 0.25) is 0 Å². The number of para-hydroxylation sites is 1. The van der Waals surface area contributed by atoms with Crippen LogP contribution in [-0.2, 0) is 26.4 Å². The van der Waals surface area contributed by atoms with Crippen molar-refractivity contribution in [3.05, 3.63) is 97.4 Å². The summed E-state index contributed by atoms with van der Waals surface area (Å²) in [7, 11) is 1.91. The quantitative estimate of drug-likeness (QED) is 0.159. The van der Waals surface area contributed by atoms with Gasteiger partial charge in [-0.2, -0.15) is 5.10 Å². The third-order valence-electron chi connectivity index (χ3n) is 9.28. The maximum atomic E-state index is 14.7. The monoisotopic (exact) mass is 672 g/mol. The first kappa shape index (κ1) is 32.7. The normalized spacial score (nSPS) is 13.0. The van der Waals surface area contributed by atoms with E-state index in [0.717, 1.165) is 66.4 Å². The first-order valence-corrected chi connectivity index (χ1v) is 16.6. The lowest BCUT2D eigenvalue weighted by Crippen LogP contribution is -2.42. The van der Waals surface area contributed by atoms with Crippen molar-refractivity contribution in [1.29, 1.82) is 0 Å². The zero-order chi connectivity index (χ0) is 33.7. The Balaban J connectivity index is 1.49. The Morgan fingerprint density at radius 1 is 1.02 bits per heavy atom. The standard InChI is InChI=1S/C37H38Cl2N4O4/c1-7-24-10-8-11-28(37(45)46)33(24)43-16-15-42-34-27(13-14-29(38)31(34)30-22(4)40-41(6)23(30)5)26(35(42)36(43)44)12-9-17-47-25-18-20(2)32(39)21(3)19-25/h8,10-11,13-14,18-19H,7,9,12,15-17H2,1-6H3,(H,45,46). The smallest absolute Gasteiger partial charge is 0.337 e. The molecule has 0 saturated carbocycles. The van der Waals surface area contributed by atoms with E-state index >= 15 is 0 Å². The molecule has 0 unspecified atom stereocenters. The first-order valence-electron chi connectivity index (χ1n) is 15.8. The Bertz CT molecular complexity index is 2050. The summed E-state index contributed by atoms with van der Waals surface area (Å²) in [5, 5.41) is 17.0. The Morgan fingerprint density at radius 2 is 1.74 bits per heavy atom. The van der Waals surface area contributed by atoms with E-state index in [9.17, 15) is 14.7 Å². The molecule has 0 aliphatic carbocycles. The number of anilines is 1. The van der Waals surface area contributed by atoms with Crippen molar-refractivity contribution < 1.29 is 19.4 Å². The van der Waals surface area contributed by atoms with Crippen LogP contribution in [0.5, 0.6) is 5.75 Å². The van der Waals surface area contributed by atoms with Crippen LogP contribution < -0.4 is 9.64 Å². The van der Waals surface area contributed by atoms with E-state index in [1.807, 2.05) is 76.7 Å². The van der Waals surface area contributed by atoms with Crippen LogP contribution in [0.4, 0.5) is 5.69 Å². The number of carbonyl (C=O) groups excluding carboxylic acids is 1. The van der Waals surface area contributed by atoms with Gasteiger partial charge in [-0.3, -0.25) is 9.48 Å². The largest absolute Gasteiger partial charge is 0.494 e. The van der Waals surface area contributed by atoms with E-state index in [-0.39, 0.29) is 11.5 Å². The second-order valence-electron chi connectivity index (χ2n) is 12.2. The van der Waals surface area contributed by atoms with Crippen molar-refractivity contribution in [3.8, 4) is 16.9 Å². The molecule has 0 fully saturated rings. The Morgan fingerprint density at radius 3 is 2.38 bits per heavy atom. The van der Waals surface area contributed by atoms with Crippen molar-refractivity contribution in [1.82, 2.24) is 14.3 Å². The lowest BCUT2D eigenvalue weighted by molar-refractivity contribution is 0.0697. The molecule has 3 heterocycles. The summed E-state index contributed by atoms with van der Waals surface area (Å²) < 4.78 is 10.1. The fourth-order valence-corrected chi connectivity index (χ4v) is 7.38. The highest BCUT2D eigenvalue weighted by Gasteiger charge is 2.35. The average molecular weight is 674 g/mol. The Hall–Kier alpha value is -4.27. The fourth-order valence-electron chi connectivity index (χ4n) is 7.03. The molecule has 3 aromatic carbocycles. The average Bonchev–Trinajstić information content (AvgIpc) is 3.49. The van der Waals surface area contributed by atoms with E-state index in [0.29, 0.717) is 55.4 Å². The zero-order valence-electron chi connectivity index (χ0n) is 27.5. The van der Waals surface area contributed by atoms with Crippen LogP contribution in [0.1, 0.15) is 67.8 Å². The predicted molar refractivity (Wildman–Crippen MR) is 188 cm³/mol. The molecule has 1 aliphatic rings. The number of carboxylic acid groups (broad SMARTS) is 1. The SMILES string of the molecule is CCc1cccc(C(=O)O)c1N1CCn2c(c(CCCOc3cc(C)c(Cl)c(C)c3)c3ccc(Cl)c(-c4c(C)nn(C)c4C)c32)C1=O. The van der Waals surface area contributed by atoms with Gasteiger partial charge in [0.1, 0.15) is 11.4 Å². The van der Waals surface area contributed by atoms with Gasteiger partial charge in [-0.15, -0.1) is 0 Å². The van der Waals surface area contributed by atoms with Gasteiger partial charge in [0.25, 0.3) is 5.91 Å². The van der Waals surface area contributed by atoms with Crippen molar-refractivity contribution in [2.75, 3.05) is 18.1 Å². The van der Waals surface area contributed by atoms with Crippen LogP contribution in [0.25, 0.3) is 22.0 Å². The first-order chi connectivity index (χ1) is 22.4. The molecule has 8 nitrogen and oxygen atoms in total. The molecule has 47 heavy (non-hydrogen) atoms. The minimum absolute atomic E-state index is 0.121. The van der Waals surface area contributed by atoms with Crippen LogP contribution in [-0.4, -0.2) is 44.5 Å². The summed E-state index contributed by atoms with van der Waals surface area (Å²) in [5.41, 5.74) is 9.28. The molecular weight excluding hydrogens is 635 g/mol. The molecule has 1 amide bonds. The molecule has 10 heteroatoms. The van der Waals surface area contributed by atoms with Crippen LogP contribution in [0, 0.1) is 27.7 Å². The summed E-state index contributed by atoms with van der Waals surface area (Å²) >= 11 is 13.4. The number of nitrogens with zero attached hydrogens (tertiary/aromatic N) is 4. The van der Waals surface area contributed by atoms with Gasteiger partial charge in [-0.1, -0.05) is 48.3 Å². The molecule has 0 bridgehead atoms. The molecule has 5 aromatic rings. The van der Waals surface area contributed by atoms with Crippen LogP contribution in [0.2, 0.25) is 10.0 Å². The summed E-state index contributed by atoms with van der Waals surface area (Å²) in [6, 6.07) is 13.0. The van der Waals surface area contributed by atoms with E-state index in [2.05, 4.69) is 9.67 Å². The third-order valence-corrected chi connectivity index (χ3v) is 10.2. The number of ether oxygens (including phenoxy) is 1. The second kappa shape index (κ2) is 12.7. The van der Waals surface area contributed by atoms with Gasteiger partial charge in [0.05, 0.1) is 34.1 Å². The number of fused-ring (bicyclic) bond motifs is 3. The van der Waals surface area contributed by atoms with Crippen molar-refractivity contribution in [2.45, 2.75) is 60.4 Å². The maximum absolute atomic E-state index is 14.7. The van der Waals surface area contributed by atoms with Crippen molar-refractivity contribution in [2.24, 2.45) is 7.05 Å². The third kappa shape index (κ3) is 5.57. The number of carboxylic acids is 1. The highest BCUT2D eigenvalue weighted by Crippen LogP contribution is 2.44. The minimum Gasteiger partial charge on any atom is -0.494 e. The minimum atomic E-state index is -1.06. The summed E-state index contributed by atoms with van der Waals surface area (Å²) in [6.45, 7) is 11.1. The van der Waals surface area contributed by atoms with Crippen LogP contribution in [0.3, 0.4) is 0 Å². The van der Waals surface area contributed by atoms with E-state index in [1.54, 1.807) is 17.0 Å². The number of carbonyl (C=O) groups is 2. The topological polar surface area (TPSA) is 89.6 Å². The molecule has 2 aromatic heterocycles. The molecule has 1 aliphatic heterocycles. The number of aryl methyl sites for hydroxylation is 6. The number of halogens is 2. The lowest BCUT2D eigenvalue weighted by Gasteiger charge is -2.32. The van der Waals surface area contributed by atoms with Crippen LogP contribution in [0.15, 0.2) is 42.5 Å². The molecule has 6 rings (SSSR count). The maximum Gasteiger partial charge on any atom is 0.337 e. The molecule has 0 saturated heterocycles. The van der Waals surface area contributed by atoms with Crippen LogP contribution >= 0.6 is 23.2 Å².